The molecule has 0 amide bonds. The van der Waals surface area contributed by atoms with Gasteiger partial charge in [-0.15, -0.1) is 11.3 Å². The van der Waals surface area contributed by atoms with E-state index >= 15 is 0 Å². The molecule has 0 atom stereocenters. The van der Waals surface area contributed by atoms with Gasteiger partial charge in [0.15, 0.2) is 11.6 Å². The Balaban J connectivity index is 1.67. The zero-order valence-corrected chi connectivity index (χ0v) is 20.6. The van der Waals surface area contributed by atoms with Crippen LogP contribution in [0, 0.1) is 8.70 Å². The summed E-state index contributed by atoms with van der Waals surface area (Å²) in [6, 6.07) is 7.23. The predicted molar refractivity (Wildman–Crippen MR) is 127 cm³/mol. The Bertz CT molecular complexity index is 689. The van der Waals surface area contributed by atoms with E-state index in [9.17, 15) is 4.39 Å². The third-order valence-corrected chi connectivity index (χ3v) is 7.25. The van der Waals surface area contributed by atoms with Crippen LogP contribution in [0.1, 0.15) is 71.1 Å². The van der Waals surface area contributed by atoms with E-state index in [-0.39, 0.29) is 5.82 Å². The quantitative estimate of drug-likeness (QED) is 0.173. The van der Waals surface area contributed by atoms with Crippen LogP contribution in [0.4, 0.5) is 4.39 Å². The van der Waals surface area contributed by atoms with Crippen LogP contribution < -0.4 is 4.74 Å². The van der Waals surface area contributed by atoms with E-state index in [0.717, 1.165) is 27.8 Å². The minimum Gasteiger partial charge on any atom is -0.490 e. The fraction of sp³-hybridized carbons (Fsp3) is 0.545. The fourth-order valence-corrected chi connectivity index (χ4v) is 6.47. The molecule has 0 spiro atoms. The zero-order chi connectivity index (χ0) is 19.5. The van der Waals surface area contributed by atoms with Crippen LogP contribution >= 0.6 is 49.9 Å². The number of halogens is 3. The maximum atomic E-state index is 14.1. The summed E-state index contributed by atoms with van der Waals surface area (Å²) in [5, 5.41) is 0. The van der Waals surface area contributed by atoms with E-state index in [4.69, 9.17) is 4.74 Å². The van der Waals surface area contributed by atoms with Crippen molar-refractivity contribution in [1.82, 2.24) is 0 Å². The van der Waals surface area contributed by atoms with Crippen LogP contribution in [0.3, 0.4) is 0 Å². The normalized spacial score (nSPS) is 11.1. The molecule has 150 valence electrons. The zero-order valence-electron chi connectivity index (χ0n) is 16.0. The molecule has 0 fully saturated rings. The first kappa shape index (κ1) is 23.1. The minimum atomic E-state index is -0.285. The molecule has 2 aromatic rings. The lowest BCUT2D eigenvalue weighted by atomic mass is 10.1. The van der Waals surface area contributed by atoms with Gasteiger partial charge in [-0.05, 0) is 68.7 Å². The molecule has 0 bridgehead atoms. The fourth-order valence-electron chi connectivity index (χ4n) is 3.09. The number of unbranched alkanes of at least 4 members (excludes halogenated alkanes) is 9. The Morgan fingerprint density at radius 3 is 2.19 bits per heavy atom. The largest absolute Gasteiger partial charge is 0.490 e. The van der Waals surface area contributed by atoms with Crippen LogP contribution in [-0.4, -0.2) is 6.61 Å². The number of thiophene rings is 1. The average molecular weight is 567 g/mol. The SMILES string of the molecule is CCCCCCCCCCCCOc1cc(-c2cc(I)sc2Br)ccc1F. The average Bonchev–Trinajstić information content (AvgIpc) is 2.99. The van der Waals surface area contributed by atoms with Gasteiger partial charge in [0, 0.05) is 5.56 Å². The van der Waals surface area contributed by atoms with E-state index < -0.39 is 0 Å². The number of hydrogen-bond donors (Lipinski definition) is 0. The second-order valence-corrected chi connectivity index (χ2v) is 11.2. The van der Waals surface area contributed by atoms with E-state index in [1.165, 1.54) is 60.3 Å². The van der Waals surface area contributed by atoms with Gasteiger partial charge in [0.25, 0.3) is 0 Å². The molecule has 0 radical (unpaired) electrons. The highest BCUT2D eigenvalue weighted by Crippen LogP contribution is 2.38. The molecule has 5 heteroatoms. The smallest absolute Gasteiger partial charge is 0.165 e. The van der Waals surface area contributed by atoms with Crippen LogP contribution in [-0.2, 0) is 0 Å². The molecule has 27 heavy (non-hydrogen) atoms. The summed E-state index contributed by atoms with van der Waals surface area (Å²) in [7, 11) is 0. The first-order chi connectivity index (χ1) is 13.1. The molecule has 0 unspecified atom stereocenters. The Labute approximate surface area is 189 Å². The number of rotatable bonds is 13. The van der Waals surface area contributed by atoms with Gasteiger partial charge in [0.1, 0.15) is 0 Å². The number of hydrogen-bond acceptors (Lipinski definition) is 2. The molecule has 0 aliphatic rings. The molecule has 1 nitrogen and oxygen atoms in total. The molecular formula is C22H29BrFIOS. The van der Waals surface area contributed by atoms with Crippen molar-refractivity contribution in [3.05, 3.63) is 36.8 Å². The molecule has 0 aliphatic heterocycles. The molecule has 2 rings (SSSR count). The van der Waals surface area contributed by atoms with Crippen molar-refractivity contribution in [2.45, 2.75) is 71.1 Å². The molecule has 1 aromatic carbocycles. The van der Waals surface area contributed by atoms with Crippen molar-refractivity contribution in [2.75, 3.05) is 6.61 Å². The van der Waals surface area contributed by atoms with Gasteiger partial charge in [0.2, 0.25) is 0 Å². The topological polar surface area (TPSA) is 9.23 Å². The highest BCUT2D eigenvalue weighted by Gasteiger charge is 2.11. The van der Waals surface area contributed by atoms with Gasteiger partial charge in [-0.25, -0.2) is 4.39 Å². The highest BCUT2D eigenvalue weighted by molar-refractivity contribution is 14.1. The van der Waals surface area contributed by atoms with Crippen LogP contribution in [0.2, 0.25) is 0 Å². The summed E-state index contributed by atoms with van der Waals surface area (Å²) in [4.78, 5) is 0. The second kappa shape index (κ2) is 13.2. The summed E-state index contributed by atoms with van der Waals surface area (Å²) in [6.45, 7) is 2.84. The summed E-state index contributed by atoms with van der Waals surface area (Å²) in [6.07, 6.45) is 12.9. The number of benzene rings is 1. The van der Waals surface area contributed by atoms with Gasteiger partial charge < -0.3 is 4.74 Å². The second-order valence-electron chi connectivity index (χ2n) is 6.91. The van der Waals surface area contributed by atoms with Crippen molar-refractivity contribution < 1.29 is 9.13 Å². The monoisotopic (exact) mass is 566 g/mol. The van der Waals surface area contributed by atoms with E-state index in [2.05, 4.69) is 51.5 Å². The third kappa shape index (κ3) is 8.40. The van der Waals surface area contributed by atoms with Crippen LogP contribution in [0.5, 0.6) is 5.75 Å². The third-order valence-electron chi connectivity index (χ3n) is 4.65. The molecule has 0 aliphatic carbocycles. The molecule has 0 saturated heterocycles. The molecule has 0 N–H and O–H groups in total. The summed E-state index contributed by atoms with van der Waals surface area (Å²) in [5.74, 6) is 0.0726. The number of ether oxygens (including phenoxy) is 1. The van der Waals surface area contributed by atoms with E-state index in [1.807, 2.05) is 12.1 Å². The summed E-state index contributed by atoms with van der Waals surface area (Å²) >= 11 is 7.57. The molecular weight excluding hydrogens is 538 g/mol. The van der Waals surface area contributed by atoms with Crippen molar-refractivity contribution >= 4 is 49.9 Å². The summed E-state index contributed by atoms with van der Waals surface area (Å²) in [5.41, 5.74) is 2.08. The maximum absolute atomic E-state index is 14.1. The van der Waals surface area contributed by atoms with Gasteiger partial charge in [-0.3, -0.25) is 0 Å². The lowest BCUT2D eigenvalue weighted by Gasteiger charge is -2.09. The Hall–Kier alpha value is -0.140. The Morgan fingerprint density at radius 2 is 1.59 bits per heavy atom. The van der Waals surface area contributed by atoms with Gasteiger partial charge in [-0.1, -0.05) is 70.8 Å². The standard InChI is InChI=1S/C22H29BrFIOS/c1-2-3-4-5-6-7-8-9-10-11-14-26-20-15-17(12-13-19(20)24)18-16-21(25)27-22(18)23/h12-13,15-16H,2-11,14H2,1H3. The lowest BCUT2D eigenvalue weighted by molar-refractivity contribution is 0.290. The molecule has 0 saturated carbocycles. The summed E-state index contributed by atoms with van der Waals surface area (Å²) < 4.78 is 22.1. The van der Waals surface area contributed by atoms with Crippen molar-refractivity contribution in [3.8, 4) is 16.9 Å². The van der Waals surface area contributed by atoms with E-state index in [1.54, 1.807) is 11.3 Å². The first-order valence-corrected chi connectivity index (χ1v) is 12.7. The molecule has 1 aromatic heterocycles. The minimum absolute atomic E-state index is 0.285. The van der Waals surface area contributed by atoms with Crippen molar-refractivity contribution in [3.63, 3.8) is 0 Å². The van der Waals surface area contributed by atoms with Crippen molar-refractivity contribution in [2.24, 2.45) is 0 Å². The Kier molecular flexibility index (Phi) is 11.3. The van der Waals surface area contributed by atoms with E-state index in [0.29, 0.717) is 12.4 Å². The first-order valence-electron chi connectivity index (χ1n) is 9.99. The molecule has 1 heterocycles. The van der Waals surface area contributed by atoms with Crippen molar-refractivity contribution in [1.29, 1.82) is 0 Å². The van der Waals surface area contributed by atoms with Gasteiger partial charge in [0.05, 0.1) is 13.3 Å². The maximum Gasteiger partial charge on any atom is 0.165 e. The van der Waals surface area contributed by atoms with Crippen LogP contribution in [0.15, 0.2) is 28.1 Å². The lowest BCUT2D eigenvalue weighted by Crippen LogP contribution is -1.99. The Morgan fingerprint density at radius 1 is 0.963 bits per heavy atom. The highest BCUT2D eigenvalue weighted by atomic mass is 127. The predicted octanol–water partition coefficient (Wildman–Crippen LogP) is 9.22. The van der Waals surface area contributed by atoms with Gasteiger partial charge >= 0.3 is 0 Å². The van der Waals surface area contributed by atoms with Crippen LogP contribution in [0.25, 0.3) is 11.1 Å². The van der Waals surface area contributed by atoms with Gasteiger partial charge in [-0.2, -0.15) is 0 Å².